The Bertz CT molecular complexity index is 446. The number of nitrogens with zero attached hydrogens (tertiary/aromatic N) is 2. The Morgan fingerprint density at radius 2 is 1.79 bits per heavy atom. The molecular formula is C18H30FN3O2. The molecule has 2 saturated heterocycles. The molecule has 5 nitrogen and oxygen atoms in total. The molecule has 1 aliphatic carbocycles. The van der Waals surface area contributed by atoms with Gasteiger partial charge in [-0.3, -0.25) is 4.79 Å². The van der Waals surface area contributed by atoms with Crippen LogP contribution in [0.15, 0.2) is 0 Å². The largest absolute Gasteiger partial charge is 0.340 e. The van der Waals surface area contributed by atoms with Crippen LogP contribution in [0.3, 0.4) is 0 Å². The third kappa shape index (κ3) is 4.19. The van der Waals surface area contributed by atoms with Crippen LogP contribution in [-0.2, 0) is 4.79 Å². The summed E-state index contributed by atoms with van der Waals surface area (Å²) in [5.74, 6) is 0.0504. The molecule has 0 spiro atoms. The van der Waals surface area contributed by atoms with Gasteiger partial charge < -0.3 is 15.1 Å². The van der Waals surface area contributed by atoms with Crippen LogP contribution in [-0.4, -0.2) is 60.1 Å². The molecular weight excluding hydrogens is 309 g/mol. The Balaban J connectivity index is 1.45. The second-order valence-corrected chi connectivity index (χ2v) is 7.54. The SMILES string of the molecule is O=C(C(F)CC1CCCCC1)N1CCC(N2CCCNC2=O)CC1. The first-order chi connectivity index (χ1) is 11.6. The maximum atomic E-state index is 14.4. The normalized spacial score (nSPS) is 25.5. The average Bonchev–Trinajstić information content (AvgIpc) is 2.62. The lowest BCUT2D eigenvalue weighted by molar-refractivity contribution is -0.138. The molecule has 1 saturated carbocycles. The van der Waals surface area contributed by atoms with E-state index in [1.165, 1.54) is 19.3 Å². The molecule has 1 unspecified atom stereocenters. The molecule has 0 radical (unpaired) electrons. The maximum absolute atomic E-state index is 14.4. The minimum Gasteiger partial charge on any atom is -0.340 e. The summed E-state index contributed by atoms with van der Waals surface area (Å²) < 4.78 is 14.4. The topological polar surface area (TPSA) is 52.7 Å². The van der Waals surface area contributed by atoms with Crippen LogP contribution < -0.4 is 5.32 Å². The van der Waals surface area contributed by atoms with E-state index in [2.05, 4.69) is 5.32 Å². The third-order valence-electron chi connectivity index (χ3n) is 5.86. The summed E-state index contributed by atoms with van der Waals surface area (Å²) >= 11 is 0. The fraction of sp³-hybridized carbons (Fsp3) is 0.889. The van der Waals surface area contributed by atoms with Gasteiger partial charge in [0.1, 0.15) is 0 Å². The minimum absolute atomic E-state index is 0.00620. The highest BCUT2D eigenvalue weighted by atomic mass is 19.1. The number of carbonyl (C=O) groups excluding carboxylic acids is 2. The van der Waals surface area contributed by atoms with E-state index in [1.54, 1.807) is 4.90 Å². The fourth-order valence-electron chi connectivity index (χ4n) is 4.41. The van der Waals surface area contributed by atoms with Crippen molar-refractivity contribution < 1.29 is 14.0 Å². The predicted octanol–water partition coefficient (Wildman–Crippen LogP) is 2.70. The van der Waals surface area contributed by atoms with Gasteiger partial charge in [0.2, 0.25) is 0 Å². The van der Waals surface area contributed by atoms with Crippen molar-refractivity contribution in [1.82, 2.24) is 15.1 Å². The van der Waals surface area contributed by atoms with Crippen LogP contribution in [0, 0.1) is 5.92 Å². The average molecular weight is 339 g/mol. The highest BCUT2D eigenvalue weighted by molar-refractivity contribution is 5.81. The van der Waals surface area contributed by atoms with Crippen LogP contribution in [0.4, 0.5) is 9.18 Å². The predicted molar refractivity (Wildman–Crippen MR) is 90.4 cm³/mol. The number of likely N-dealkylation sites (tertiary alicyclic amines) is 1. The molecule has 1 atom stereocenters. The molecule has 3 aliphatic rings. The molecule has 2 aliphatic heterocycles. The zero-order valence-electron chi connectivity index (χ0n) is 14.5. The number of nitrogens with one attached hydrogen (secondary N) is 1. The Hall–Kier alpha value is -1.33. The van der Waals surface area contributed by atoms with Crippen LogP contribution in [0.5, 0.6) is 0 Å². The van der Waals surface area contributed by atoms with Crippen molar-refractivity contribution >= 4 is 11.9 Å². The van der Waals surface area contributed by atoms with Crippen molar-refractivity contribution in [2.24, 2.45) is 5.92 Å². The number of alkyl halides is 1. The lowest BCUT2D eigenvalue weighted by Crippen LogP contribution is -2.55. The Morgan fingerprint density at radius 3 is 2.46 bits per heavy atom. The molecule has 2 heterocycles. The zero-order chi connectivity index (χ0) is 16.9. The molecule has 6 heteroatoms. The van der Waals surface area contributed by atoms with Gasteiger partial charge in [-0.05, 0) is 31.6 Å². The van der Waals surface area contributed by atoms with Crippen LogP contribution >= 0.6 is 0 Å². The minimum atomic E-state index is -1.34. The first-order valence-corrected chi connectivity index (χ1v) is 9.62. The van der Waals surface area contributed by atoms with Crippen molar-refractivity contribution in [3.05, 3.63) is 0 Å². The van der Waals surface area contributed by atoms with E-state index in [4.69, 9.17) is 0 Å². The lowest BCUT2D eigenvalue weighted by atomic mass is 9.85. The first-order valence-electron chi connectivity index (χ1n) is 9.62. The molecule has 1 N–H and O–H groups in total. The van der Waals surface area contributed by atoms with Gasteiger partial charge in [0.25, 0.3) is 5.91 Å². The van der Waals surface area contributed by atoms with E-state index in [-0.39, 0.29) is 18.0 Å². The fourth-order valence-corrected chi connectivity index (χ4v) is 4.41. The highest BCUT2D eigenvalue weighted by Gasteiger charge is 2.33. The molecule has 136 valence electrons. The van der Waals surface area contributed by atoms with E-state index in [9.17, 15) is 14.0 Å². The van der Waals surface area contributed by atoms with Crippen LogP contribution in [0.2, 0.25) is 0 Å². The summed E-state index contributed by atoms with van der Waals surface area (Å²) in [4.78, 5) is 27.9. The van der Waals surface area contributed by atoms with E-state index in [0.29, 0.717) is 25.4 Å². The molecule has 3 amide bonds. The smallest absolute Gasteiger partial charge is 0.317 e. The highest BCUT2D eigenvalue weighted by Crippen LogP contribution is 2.29. The number of carbonyl (C=O) groups is 2. The third-order valence-corrected chi connectivity index (χ3v) is 5.86. The quantitative estimate of drug-likeness (QED) is 0.856. The van der Waals surface area contributed by atoms with Gasteiger partial charge in [-0.1, -0.05) is 32.1 Å². The zero-order valence-corrected chi connectivity index (χ0v) is 14.5. The number of hydrogen-bond acceptors (Lipinski definition) is 2. The van der Waals surface area contributed by atoms with Gasteiger partial charge in [0, 0.05) is 32.2 Å². The number of urea groups is 1. The molecule has 3 fully saturated rings. The Kier molecular flexibility index (Phi) is 5.95. The van der Waals surface area contributed by atoms with E-state index < -0.39 is 6.17 Å². The summed E-state index contributed by atoms with van der Waals surface area (Å²) in [5, 5.41) is 2.87. The summed E-state index contributed by atoms with van der Waals surface area (Å²) in [6.07, 6.45) is 7.28. The summed E-state index contributed by atoms with van der Waals surface area (Å²) in [6.45, 7) is 2.67. The lowest BCUT2D eigenvalue weighted by Gasteiger charge is -2.40. The molecule has 24 heavy (non-hydrogen) atoms. The number of hydrogen-bond donors (Lipinski definition) is 1. The second kappa shape index (κ2) is 8.17. The Morgan fingerprint density at radius 1 is 1.08 bits per heavy atom. The van der Waals surface area contributed by atoms with Crippen molar-refractivity contribution in [3.8, 4) is 0 Å². The van der Waals surface area contributed by atoms with Gasteiger partial charge in [-0.25, -0.2) is 9.18 Å². The summed E-state index contributed by atoms with van der Waals surface area (Å²) in [5.41, 5.74) is 0. The van der Waals surface area contributed by atoms with Crippen molar-refractivity contribution in [2.45, 2.75) is 70.0 Å². The van der Waals surface area contributed by atoms with Gasteiger partial charge in [-0.2, -0.15) is 0 Å². The molecule has 0 bridgehead atoms. The van der Waals surface area contributed by atoms with E-state index in [1.807, 2.05) is 4.90 Å². The standard InChI is InChI=1S/C18H30FN3O2/c19-16(13-14-5-2-1-3-6-14)17(23)21-11-7-15(8-12-21)22-10-4-9-20-18(22)24/h14-16H,1-13H2,(H,20,24). The van der Waals surface area contributed by atoms with Gasteiger partial charge in [-0.15, -0.1) is 0 Å². The Labute approximate surface area is 143 Å². The van der Waals surface area contributed by atoms with Crippen molar-refractivity contribution in [2.75, 3.05) is 26.2 Å². The van der Waals surface area contributed by atoms with Crippen LogP contribution in [0.1, 0.15) is 57.8 Å². The maximum Gasteiger partial charge on any atom is 0.317 e. The molecule has 0 aromatic heterocycles. The van der Waals surface area contributed by atoms with Crippen LogP contribution in [0.25, 0.3) is 0 Å². The number of halogens is 1. The number of rotatable bonds is 4. The first kappa shape index (κ1) is 17.5. The van der Waals surface area contributed by atoms with E-state index in [0.717, 1.165) is 45.2 Å². The number of piperidine rings is 1. The molecule has 3 rings (SSSR count). The van der Waals surface area contributed by atoms with Crippen molar-refractivity contribution in [1.29, 1.82) is 0 Å². The van der Waals surface area contributed by atoms with E-state index >= 15 is 0 Å². The summed E-state index contributed by atoms with van der Waals surface area (Å²) in [6, 6.07) is 0.192. The van der Waals surface area contributed by atoms with Gasteiger partial charge in [0.15, 0.2) is 6.17 Å². The molecule has 0 aromatic carbocycles. The number of amides is 3. The van der Waals surface area contributed by atoms with Gasteiger partial charge >= 0.3 is 6.03 Å². The summed E-state index contributed by atoms with van der Waals surface area (Å²) in [7, 11) is 0. The molecule has 0 aromatic rings. The van der Waals surface area contributed by atoms with Crippen molar-refractivity contribution in [3.63, 3.8) is 0 Å². The monoisotopic (exact) mass is 339 g/mol. The van der Waals surface area contributed by atoms with Gasteiger partial charge in [0.05, 0.1) is 0 Å². The second-order valence-electron chi connectivity index (χ2n) is 7.54.